The third-order valence-electron chi connectivity index (χ3n) is 10.8. The molecule has 0 amide bonds. The van der Waals surface area contributed by atoms with E-state index in [2.05, 4.69) is 31.7 Å². The van der Waals surface area contributed by atoms with Crippen LogP contribution in [-0.2, 0) is 33.1 Å². The van der Waals surface area contributed by atoms with E-state index in [0.29, 0.717) is 12.8 Å². The van der Waals surface area contributed by atoms with Crippen molar-refractivity contribution in [2.75, 3.05) is 19.9 Å². The summed E-state index contributed by atoms with van der Waals surface area (Å²) in [6.45, 7) is 5.72. The highest BCUT2D eigenvalue weighted by Crippen LogP contribution is 2.65. The summed E-state index contributed by atoms with van der Waals surface area (Å²) in [6, 6.07) is -0.959. The molecule has 0 aromatic carbocycles. The van der Waals surface area contributed by atoms with E-state index in [4.69, 9.17) is 18.7 Å². The number of rotatable bonds is 41. The molecule has 1 saturated heterocycles. The molecule has 0 bridgehead atoms. The molecule has 1 rings (SSSR count). The minimum atomic E-state index is -3.09. The molecule has 0 aliphatic carbocycles. The van der Waals surface area contributed by atoms with E-state index in [-0.39, 0.29) is 38.0 Å². The van der Waals surface area contributed by atoms with E-state index >= 15 is 0 Å². The molecule has 56 heavy (non-hydrogen) atoms. The second-order valence-electron chi connectivity index (χ2n) is 16.4. The van der Waals surface area contributed by atoms with Gasteiger partial charge in [0.25, 0.3) is 7.72 Å². The van der Waals surface area contributed by atoms with E-state index in [1.165, 1.54) is 129 Å². The Morgan fingerprint density at radius 1 is 0.661 bits per heavy atom. The number of unbranched alkanes of at least 4 members (excludes halogenated alkanes) is 25. The number of hydrogen-bond acceptors (Lipinski definition) is 9. The monoisotopic (exact) mass is 815 g/mol. The molecular formula is C45H85NO9P+. The van der Waals surface area contributed by atoms with Crippen LogP contribution in [0.5, 0.6) is 0 Å². The summed E-state index contributed by atoms with van der Waals surface area (Å²) < 4.78 is 22.5. The molecule has 0 aromatic heterocycles. The smallest absolute Gasteiger partial charge is 0.306 e. The van der Waals surface area contributed by atoms with Crippen molar-refractivity contribution >= 4 is 25.6 Å². The Balaban J connectivity index is 2.33. The molecule has 328 valence electrons. The highest BCUT2D eigenvalue weighted by molar-refractivity contribution is 7.65. The Hall–Kier alpha value is -1.58. The van der Waals surface area contributed by atoms with Crippen molar-refractivity contribution < 1.29 is 48.9 Å². The second-order valence-corrected chi connectivity index (χ2v) is 19.0. The fourth-order valence-electron chi connectivity index (χ4n) is 7.01. The van der Waals surface area contributed by atoms with Gasteiger partial charge in [-0.25, -0.2) is 9.42 Å². The number of quaternary nitrogens is 1. The lowest BCUT2D eigenvalue weighted by atomic mass is 10.0. The number of allylic oxidation sites excluding steroid dienone is 2. The number of aliphatic carboxylic acids is 1. The maximum absolute atomic E-state index is 12.8. The summed E-state index contributed by atoms with van der Waals surface area (Å²) >= 11 is 0. The number of carbonyl (C=O) groups is 3. The van der Waals surface area contributed by atoms with Crippen LogP contribution in [0.4, 0.5) is 0 Å². The van der Waals surface area contributed by atoms with Crippen LogP contribution in [0, 0.1) is 0 Å². The van der Waals surface area contributed by atoms with Gasteiger partial charge in [-0.2, -0.15) is 0 Å². The van der Waals surface area contributed by atoms with Gasteiger partial charge in [-0.05, 0) is 38.5 Å². The van der Waals surface area contributed by atoms with Crippen LogP contribution in [0.1, 0.15) is 213 Å². The fraction of sp³-hybridized carbons (Fsp3) is 0.889. The second kappa shape index (κ2) is 35.4. The van der Waals surface area contributed by atoms with Crippen molar-refractivity contribution in [1.29, 1.82) is 0 Å². The Labute approximate surface area is 342 Å². The van der Waals surface area contributed by atoms with E-state index in [1.54, 1.807) is 0 Å². The van der Waals surface area contributed by atoms with Crippen molar-refractivity contribution in [3.63, 3.8) is 0 Å². The highest BCUT2D eigenvalue weighted by atomic mass is 31.2. The zero-order valence-corrected chi connectivity index (χ0v) is 37.1. The summed E-state index contributed by atoms with van der Waals surface area (Å²) in [5.41, 5.74) is 3.55. The van der Waals surface area contributed by atoms with Gasteiger partial charge >= 0.3 is 11.9 Å². The number of esters is 2. The molecule has 1 fully saturated rings. The van der Waals surface area contributed by atoms with Crippen LogP contribution in [0.15, 0.2) is 12.2 Å². The van der Waals surface area contributed by atoms with Gasteiger partial charge in [0.15, 0.2) is 6.10 Å². The average Bonchev–Trinajstić information content (AvgIpc) is 3.96. The Bertz CT molecular complexity index is 1010. The Morgan fingerprint density at radius 3 is 1.52 bits per heavy atom. The third-order valence-corrected chi connectivity index (χ3v) is 12.8. The lowest BCUT2D eigenvalue weighted by Gasteiger charge is -2.20. The largest absolute Gasteiger partial charge is 0.544 e. The van der Waals surface area contributed by atoms with Gasteiger partial charge in [-0.3, -0.25) is 9.59 Å². The topological polar surface area (TPSA) is 162 Å². The van der Waals surface area contributed by atoms with Crippen LogP contribution in [0.3, 0.4) is 0 Å². The van der Waals surface area contributed by atoms with E-state index in [1.807, 2.05) is 0 Å². The number of carboxylic acids is 1. The van der Waals surface area contributed by atoms with Crippen molar-refractivity contribution in [2.45, 2.75) is 237 Å². The third kappa shape index (κ3) is 30.5. The SMILES string of the molecule is CCCCCCCC/C=C/CCCCCCCC(=O)O[C@H](COC(=O)CCCCCCCCCCCCCCCCC)CO[P+](C)(O)C1OC1C[C@H]([NH3+])C(=O)[O-]. The van der Waals surface area contributed by atoms with Gasteiger partial charge in [0.05, 0.1) is 5.97 Å². The molecule has 5 atom stereocenters. The molecule has 11 heteroatoms. The number of epoxide rings is 1. The predicted octanol–water partition coefficient (Wildman–Crippen LogP) is 9.70. The molecule has 1 aliphatic rings. The zero-order valence-electron chi connectivity index (χ0n) is 36.2. The molecule has 1 heterocycles. The van der Waals surface area contributed by atoms with Crippen molar-refractivity contribution in [2.24, 2.45) is 0 Å². The predicted molar refractivity (Wildman–Crippen MR) is 226 cm³/mol. The van der Waals surface area contributed by atoms with E-state index in [9.17, 15) is 24.4 Å². The fourth-order valence-corrected chi connectivity index (χ4v) is 8.75. The molecule has 0 aromatic rings. The first-order chi connectivity index (χ1) is 27.1. The maximum atomic E-state index is 12.8. The van der Waals surface area contributed by atoms with E-state index < -0.39 is 37.8 Å². The van der Waals surface area contributed by atoms with Crippen LogP contribution >= 0.6 is 7.72 Å². The maximum Gasteiger partial charge on any atom is 0.306 e. The lowest BCUT2D eigenvalue weighted by molar-refractivity contribution is -0.438. The standard InChI is InChI=1S/C45H84NO9P/c1-4-6-8-10-12-14-16-18-20-22-24-26-28-30-32-34-42(47)52-37-39(38-53-56(3,51)45-41(55-45)36-40(46)44(49)50)54-43(48)35-33-31-29-27-25-23-21-19-17-15-13-11-9-7-5-2/h19,21,39-41,45,51H,4-18,20,22-38,46H2,1-3H3/p+1/b21-19+/t39-,40+,41?,45?,56?/m1/s1. The quantitative estimate of drug-likeness (QED) is 0.0201. The normalized spacial score (nSPS) is 17.4. The van der Waals surface area contributed by atoms with Crippen LogP contribution < -0.4 is 10.8 Å². The first kappa shape index (κ1) is 52.4. The number of carbonyl (C=O) groups excluding carboxylic acids is 3. The molecule has 1 aliphatic heterocycles. The lowest BCUT2D eigenvalue weighted by Crippen LogP contribution is -2.68. The summed E-state index contributed by atoms with van der Waals surface area (Å²) in [7, 11) is -3.09. The summed E-state index contributed by atoms with van der Waals surface area (Å²) in [5, 5.41) is 11.1. The Morgan fingerprint density at radius 2 is 1.07 bits per heavy atom. The number of carboxylic acid groups (broad SMARTS) is 1. The number of hydrogen-bond donors (Lipinski definition) is 2. The summed E-state index contributed by atoms with van der Waals surface area (Å²) in [4.78, 5) is 47.5. The minimum Gasteiger partial charge on any atom is -0.544 e. The minimum absolute atomic E-state index is 0.109. The highest BCUT2D eigenvalue weighted by Gasteiger charge is 2.61. The van der Waals surface area contributed by atoms with Crippen LogP contribution in [0.2, 0.25) is 0 Å². The van der Waals surface area contributed by atoms with Crippen molar-refractivity contribution in [3.05, 3.63) is 12.2 Å². The van der Waals surface area contributed by atoms with Crippen molar-refractivity contribution in [1.82, 2.24) is 0 Å². The van der Waals surface area contributed by atoms with Crippen LogP contribution in [-0.4, -0.2) is 66.8 Å². The summed E-state index contributed by atoms with van der Waals surface area (Å²) in [5.74, 6) is -2.65. The molecule has 0 saturated carbocycles. The zero-order chi connectivity index (χ0) is 41.1. The van der Waals surface area contributed by atoms with Gasteiger partial charge in [-0.1, -0.05) is 167 Å². The molecule has 3 unspecified atom stereocenters. The van der Waals surface area contributed by atoms with Crippen molar-refractivity contribution in [3.8, 4) is 0 Å². The average molecular weight is 815 g/mol. The van der Waals surface area contributed by atoms with Gasteiger partial charge in [-0.15, -0.1) is 0 Å². The molecular weight excluding hydrogens is 729 g/mol. The van der Waals surface area contributed by atoms with E-state index in [0.717, 1.165) is 51.4 Å². The number of ether oxygens (including phenoxy) is 3. The van der Waals surface area contributed by atoms with Gasteiger partial charge in [0, 0.05) is 19.3 Å². The molecule has 10 nitrogen and oxygen atoms in total. The molecule has 0 spiro atoms. The van der Waals surface area contributed by atoms with Gasteiger partial charge in [0.2, 0.25) is 5.85 Å². The first-order valence-electron chi connectivity index (χ1n) is 23.0. The first-order valence-corrected chi connectivity index (χ1v) is 25.2. The van der Waals surface area contributed by atoms with Crippen LogP contribution in [0.25, 0.3) is 0 Å². The van der Waals surface area contributed by atoms with Gasteiger partial charge in [0.1, 0.15) is 32.0 Å². The molecule has 0 radical (unpaired) electrons. The Kier molecular flexibility index (Phi) is 33.1. The molecule has 4 N–H and O–H groups in total. The summed E-state index contributed by atoms with van der Waals surface area (Å²) in [6.07, 6.45) is 38.0. The van der Waals surface area contributed by atoms with Gasteiger partial charge < -0.3 is 29.8 Å².